The molecule has 2 aliphatic rings. The Bertz CT molecular complexity index is 890. The van der Waals surface area contributed by atoms with Crippen LogP contribution in [-0.2, 0) is 11.2 Å². The number of nitrogens with zero attached hydrogens (tertiary/aromatic N) is 2. The van der Waals surface area contributed by atoms with Gasteiger partial charge in [0.1, 0.15) is 12.4 Å². The zero-order chi connectivity index (χ0) is 21.3. The minimum Gasteiger partial charge on any atom is -0.491 e. The molecule has 5 nitrogen and oxygen atoms in total. The van der Waals surface area contributed by atoms with Crippen molar-refractivity contribution in [1.82, 2.24) is 9.80 Å². The summed E-state index contributed by atoms with van der Waals surface area (Å²) in [5.41, 5.74) is 3.55. The molecule has 0 bridgehead atoms. The first-order chi connectivity index (χ1) is 14.4. The molecule has 0 saturated heterocycles. The number of hydrogen-bond acceptors (Lipinski definition) is 5. The number of amides is 1. The van der Waals surface area contributed by atoms with Crippen molar-refractivity contribution < 1.29 is 14.6 Å². The fraction of sp³-hybridized carbons (Fsp3) is 0.542. The monoisotopic (exact) mass is 428 g/mol. The van der Waals surface area contributed by atoms with Gasteiger partial charge in [-0.1, -0.05) is 17.7 Å². The number of ether oxygens (including phenoxy) is 1. The number of fused-ring (bicyclic) bond motifs is 1. The molecule has 2 unspecified atom stereocenters. The standard InChI is InChI=1S/C24H32N2O3S/c1-16-4-7-22(17(2)12-16)29-15-21-20-9-11-30-23(20)8-10-26(21)24(28)14-25(13-18(3)27)19-5-6-19/h4,7,9,11-12,18-19,21,27H,5-6,8,10,13-15H2,1-3H3. The van der Waals surface area contributed by atoms with Gasteiger partial charge in [-0.15, -0.1) is 11.3 Å². The van der Waals surface area contributed by atoms with Crippen LogP contribution < -0.4 is 4.74 Å². The maximum atomic E-state index is 13.3. The molecule has 4 rings (SSSR count). The Morgan fingerprint density at radius 2 is 2.13 bits per heavy atom. The van der Waals surface area contributed by atoms with Crippen LogP contribution in [0.2, 0.25) is 0 Å². The lowest BCUT2D eigenvalue weighted by atomic mass is 10.00. The van der Waals surface area contributed by atoms with Gasteiger partial charge in [0, 0.05) is 24.0 Å². The molecule has 1 aromatic heterocycles. The zero-order valence-corrected chi connectivity index (χ0v) is 19.0. The molecule has 1 aromatic carbocycles. The number of thiophene rings is 1. The fourth-order valence-electron chi connectivity index (χ4n) is 4.39. The van der Waals surface area contributed by atoms with Gasteiger partial charge in [-0.3, -0.25) is 9.69 Å². The van der Waals surface area contributed by atoms with Crippen molar-refractivity contribution in [2.24, 2.45) is 0 Å². The molecular weight excluding hydrogens is 396 g/mol. The van der Waals surface area contributed by atoms with Gasteiger partial charge in [0.15, 0.2) is 0 Å². The Kier molecular flexibility index (Phi) is 6.46. The molecule has 1 aliphatic heterocycles. The van der Waals surface area contributed by atoms with E-state index in [-0.39, 0.29) is 11.9 Å². The zero-order valence-electron chi connectivity index (χ0n) is 18.1. The van der Waals surface area contributed by atoms with Crippen LogP contribution in [0.1, 0.15) is 47.4 Å². The highest BCUT2D eigenvalue weighted by molar-refractivity contribution is 7.10. The number of rotatable bonds is 8. The van der Waals surface area contributed by atoms with Crippen molar-refractivity contribution in [3.63, 3.8) is 0 Å². The first-order valence-corrected chi connectivity index (χ1v) is 11.8. The molecular formula is C24H32N2O3S. The normalized spacial score (nSPS) is 19.6. The van der Waals surface area contributed by atoms with E-state index in [1.807, 2.05) is 11.0 Å². The van der Waals surface area contributed by atoms with Crippen LogP contribution >= 0.6 is 11.3 Å². The first kappa shape index (κ1) is 21.3. The van der Waals surface area contributed by atoms with E-state index in [1.54, 1.807) is 18.3 Å². The Balaban J connectivity index is 1.50. The van der Waals surface area contributed by atoms with Crippen LogP contribution in [0.3, 0.4) is 0 Å². The third-order valence-corrected chi connectivity index (χ3v) is 7.04. The molecule has 0 radical (unpaired) electrons. The number of hydrogen-bond donors (Lipinski definition) is 1. The summed E-state index contributed by atoms with van der Waals surface area (Å²) in [6, 6.07) is 8.72. The van der Waals surface area contributed by atoms with Crippen molar-refractivity contribution >= 4 is 17.2 Å². The van der Waals surface area contributed by atoms with E-state index >= 15 is 0 Å². The second-order valence-electron chi connectivity index (χ2n) is 8.74. The van der Waals surface area contributed by atoms with Crippen LogP contribution in [0.5, 0.6) is 5.75 Å². The first-order valence-electron chi connectivity index (χ1n) is 10.9. The molecule has 30 heavy (non-hydrogen) atoms. The van der Waals surface area contributed by atoms with E-state index in [0.29, 0.717) is 25.7 Å². The van der Waals surface area contributed by atoms with E-state index in [1.165, 1.54) is 16.0 Å². The summed E-state index contributed by atoms with van der Waals surface area (Å²) in [5.74, 6) is 1.01. The highest BCUT2D eigenvalue weighted by Gasteiger charge is 2.36. The lowest BCUT2D eigenvalue weighted by Gasteiger charge is -2.37. The minimum atomic E-state index is -0.424. The molecule has 1 saturated carbocycles. The van der Waals surface area contributed by atoms with E-state index < -0.39 is 6.10 Å². The van der Waals surface area contributed by atoms with Crippen LogP contribution in [0.25, 0.3) is 0 Å². The molecule has 1 aliphatic carbocycles. The minimum absolute atomic E-state index is 0.0687. The molecule has 2 heterocycles. The van der Waals surface area contributed by atoms with E-state index in [4.69, 9.17) is 4.74 Å². The SMILES string of the molecule is Cc1ccc(OCC2c3ccsc3CCN2C(=O)CN(CC(C)O)C2CC2)c(C)c1. The number of benzene rings is 1. The van der Waals surface area contributed by atoms with Gasteiger partial charge in [-0.05, 0) is 68.7 Å². The van der Waals surface area contributed by atoms with Gasteiger partial charge in [0.25, 0.3) is 0 Å². The summed E-state index contributed by atoms with van der Waals surface area (Å²) in [5, 5.41) is 12.0. The maximum absolute atomic E-state index is 13.3. The molecule has 6 heteroatoms. The highest BCUT2D eigenvalue weighted by Crippen LogP contribution is 2.35. The Labute approximate surface area is 183 Å². The predicted octanol–water partition coefficient (Wildman–Crippen LogP) is 3.71. The molecule has 2 aromatic rings. The summed E-state index contributed by atoms with van der Waals surface area (Å²) >= 11 is 1.77. The second-order valence-corrected chi connectivity index (χ2v) is 9.74. The van der Waals surface area contributed by atoms with Gasteiger partial charge in [-0.25, -0.2) is 0 Å². The summed E-state index contributed by atoms with van der Waals surface area (Å²) in [4.78, 5) is 18.8. The highest BCUT2D eigenvalue weighted by atomic mass is 32.1. The summed E-state index contributed by atoms with van der Waals surface area (Å²) in [6.07, 6.45) is 2.72. The average molecular weight is 429 g/mol. The Hall–Kier alpha value is -1.89. The Morgan fingerprint density at radius 1 is 1.33 bits per heavy atom. The van der Waals surface area contributed by atoms with Crippen LogP contribution in [0.4, 0.5) is 0 Å². The van der Waals surface area contributed by atoms with Crippen molar-refractivity contribution in [3.8, 4) is 5.75 Å². The van der Waals surface area contributed by atoms with Gasteiger partial charge < -0.3 is 14.7 Å². The topological polar surface area (TPSA) is 53.0 Å². The van der Waals surface area contributed by atoms with E-state index in [9.17, 15) is 9.90 Å². The van der Waals surface area contributed by atoms with Crippen LogP contribution in [0.15, 0.2) is 29.6 Å². The van der Waals surface area contributed by atoms with Crippen LogP contribution in [-0.4, -0.2) is 59.2 Å². The van der Waals surface area contributed by atoms with Crippen molar-refractivity contribution in [2.75, 3.05) is 26.2 Å². The van der Waals surface area contributed by atoms with Gasteiger partial charge in [-0.2, -0.15) is 0 Å². The van der Waals surface area contributed by atoms with Gasteiger partial charge in [0.2, 0.25) is 5.91 Å². The quantitative estimate of drug-likeness (QED) is 0.696. The smallest absolute Gasteiger partial charge is 0.237 e. The van der Waals surface area contributed by atoms with Gasteiger partial charge in [0.05, 0.1) is 18.7 Å². The number of aliphatic hydroxyl groups excluding tert-OH is 1. The van der Waals surface area contributed by atoms with E-state index in [2.05, 4.69) is 42.3 Å². The van der Waals surface area contributed by atoms with Crippen LogP contribution in [0, 0.1) is 13.8 Å². The van der Waals surface area contributed by atoms with E-state index in [0.717, 1.165) is 37.1 Å². The molecule has 2 atom stereocenters. The van der Waals surface area contributed by atoms with Gasteiger partial charge >= 0.3 is 0 Å². The number of aryl methyl sites for hydroxylation is 2. The lowest BCUT2D eigenvalue weighted by molar-refractivity contribution is -0.136. The number of carbonyl (C=O) groups excluding carboxylic acids is 1. The maximum Gasteiger partial charge on any atom is 0.237 e. The fourth-order valence-corrected chi connectivity index (χ4v) is 5.32. The summed E-state index contributed by atoms with van der Waals surface area (Å²) in [7, 11) is 0. The molecule has 1 fully saturated rings. The number of carbonyl (C=O) groups is 1. The van der Waals surface area contributed by atoms with Crippen molar-refractivity contribution in [2.45, 2.75) is 58.2 Å². The lowest BCUT2D eigenvalue weighted by Crippen LogP contribution is -2.48. The van der Waals surface area contributed by atoms with Crippen molar-refractivity contribution in [1.29, 1.82) is 0 Å². The molecule has 162 valence electrons. The summed E-state index contributed by atoms with van der Waals surface area (Å²) < 4.78 is 6.22. The molecule has 1 N–H and O–H groups in total. The predicted molar refractivity (Wildman–Crippen MR) is 120 cm³/mol. The third kappa shape index (κ3) is 4.88. The second kappa shape index (κ2) is 9.08. The average Bonchev–Trinajstić information content (AvgIpc) is 3.43. The molecule has 1 amide bonds. The Morgan fingerprint density at radius 3 is 2.83 bits per heavy atom. The third-order valence-electron chi connectivity index (χ3n) is 6.04. The summed E-state index contributed by atoms with van der Waals surface area (Å²) in [6.45, 7) is 8.03. The largest absolute Gasteiger partial charge is 0.491 e. The molecule has 0 spiro atoms. The number of aliphatic hydroxyl groups is 1. The van der Waals surface area contributed by atoms with Crippen molar-refractivity contribution in [3.05, 3.63) is 51.2 Å².